The van der Waals surface area contributed by atoms with Crippen molar-refractivity contribution in [3.8, 4) is 17.2 Å². The number of sulfonamides is 1. The highest BCUT2D eigenvalue weighted by Gasteiger charge is 2.44. The lowest BCUT2D eigenvalue weighted by Gasteiger charge is -2.31. The number of hydrogen-bond acceptors (Lipinski definition) is 13. The third kappa shape index (κ3) is 12.4. The SMILES string of the molecule is CCOC(=O)[C@H](C)NP(=O)(COc1ccc(C[C@H](NC(=O)O[C@H]2CO[C@H]3OCC[C@H]32)[C@H](O)CN(CC(C)C)S(=O)(=O)c2ccc(OC)cc2)cc1)Oc1ccccc1. The number of esters is 1. The van der Waals surface area contributed by atoms with Gasteiger partial charge in [-0.2, -0.15) is 4.31 Å². The van der Waals surface area contributed by atoms with Gasteiger partial charge in [-0.3, -0.25) is 9.36 Å². The third-order valence-electron chi connectivity index (χ3n) is 9.47. The van der Waals surface area contributed by atoms with Crippen molar-refractivity contribution in [2.45, 2.75) is 76.0 Å². The van der Waals surface area contributed by atoms with Gasteiger partial charge in [0.05, 0.1) is 49.9 Å². The average Bonchev–Trinajstić information content (AvgIpc) is 3.82. The maximum absolute atomic E-state index is 14.0. The number of carbonyl (C=O) groups is 2. The first-order chi connectivity index (χ1) is 27.7. The summed E-state index contributed by atoms with van der Waals surface area (Å²) >= 11 is 0. The highest BCUT2D eigenvalue weighted by Crippen LogP contribution is 2.44. The minimum Gasteiger partial charge on any atom is -0.497 e. The molecule has 7 atom stereocenters. The van der Waals surface area contributed by atoms with Crippen molar-refractivity contribution in [2.24, 2.45) is 11.8 Å². The minimum atomic E-state index is -4.08. The molecule has 0 radical (unpaired) electrons. The lowest BCUT2D eigenvalue weighted by atomic mass is 10.0. The Kier molecular flexibility index (Phi) is 16.0. The van der Waals surface area contributed by atoms with E-state index >= 15 is 0 Å². The fraction of sp³-hybridized carbons (Fsp3) is 0.500. The molecule has 3 N–H and O–H groups in total. The second-order valence-corrected chi connectivity index (χ2v) is 18.5. The molecule has 1 unspecified atom stereocenters. The third-order valence-corrected chi connectivity index (χ3v) is 13.1. The molecule has 0 aliphatic carbocycles. The molecule has 1 amide bonds. The lowest BCUT2D eigenvalue weighted by Crippen LogP contribution is -2.51. The number of ether oxygens (including phenoxy) is 6. The number of benzene rings is 3. The summed E-state index contributed by atoms with van der Waals surface area (Å²) in [7, 11) is -6.42. The van der Waals surface area contributed by atoms with Gasteiger partial charge in [0.25, 0.3) is 0 Å². The quantitative estimate of drug-likeness (QED) is 0.0962. The van der Waals surface area contributed by atoms with Gasteiger partial charge in [-0.15, -0.1) is 0 Å². The molecular formula is C40H54N3O13PS. The van der Waals surface area contributed by atoms with Gasteiger partial charge >= 0.3 is 19.6 Å². The molecule has 2 saturated heterocycles. The van der Waals surface area contributed by atoms with Gasteiger partial charge in [-0.25, -0.2) is 18.3 Å². The van der Waals surface area contributed by atoms with Gasteiger partial charge in [-0.1, -0.05) is 44.2 Å². The molecule has 2 heterocycles. The van der Waals surface area contributed by atoms with E-state index in [1.807, 2.05) is 13.8 Å². The van der Waals surface area contributed by atoms with Gasteiger partial charge < -0.3 is 43.4 Å². The largest absolute Gasteiger partial charge is 0.497 e. The van der Waals surface area contributed by atoms with Crippen LogP contribution in [0.25, 0.3) is 0 Å². The van der Waals surface area contributed by atoms with Crippen LogP contribution in [0.2, 0.25) is 0 Å². The Balaban J connectivity index is 1.32. The Bertz CT molecular complexity index is 1940. The summed E-state index contributed by atoms with van der Waals surface area (Å²) in [5.41, 5.74) is 0.649. The van der Waals surface area contributed by atoms with Crippen LogP contribution >= 0.6 is 7.52 Å². The molecule has 3 aromatic rings. The Morgan fingerprint density at radius 1 is 0.948 bits per heavy atom. The van der Waals surface area contributed by atoms with Crippen LogP contribution in [-0.4, -0.2) is 107 Å². The molecule has 2 aliphatic rings. The Morgan fingerprint density at radius 2 is 1.64 bits per heavy atom. The molecule has 2 fully saturated rings. The predicted molar refractivity (Wildman–Crippen MR) is 213 cm³/mol. The van der Waals surface area contributed by atoms with Crippen LogP contribution in [0.15, 0.2) is 83.8 Å². The summed E-state index contributed by atoms with van der Waals surface area (Å²) in [6.45, 7) is 7.49. The van der Waals surface area contributed by atoms with Gasteiger partial charge in [0.1, 0.15) is 29.4 Å². The van der Waals surface area contributed by atoms with E-state index in [9.17, 15) is 27.7 Å². The summed E-state index contributed by atoms with van der Waals surface area (Å²) in [5, 5.41) is 17.3. The summed E-state index contributed by atoms with van der Waals surface area (Å²) in [6.07, 6.45) is -2.87. The predicted octanol–water partition coefficient (Wildman–Crippen LogP) is 4.95. The summed E-state index contributed by atoms with van der Waals surface area (Å²) in [5.74, 6) is 0.312. The lowest BCUT2D eigenvalue weighted by molar-refractivity contribution is -0.144. The molecular weight excluding hydrogens is 793 g/mol. The number of nitrogens with zero attached hydrogens (tertiary/aromatic N) is 1. The molecule has 18 heteroatoms. The van der Waals surface area contributed by atoms with Crippen molar-refractivity contribution in [1.82, 2.24) is 14.7 Å². The second-order valence-electron chi connectivity index (χ2n) is 14.5. The number of hydrogen-bond donors (Lipinski definition) is 3. The fourth-order valence-electron chi connectivity index (χ4n) is 6.56. The van der Waals surface area contributed by atoms with E-state index in [2.05, 4.69) is 10.4 Å². The second kappa shape index (κ2) is 20.7. The summed E-state index contributed by atoms with van der Waals surface area (Å²) < 4.78 is 81.9. The number of carbonyl (C=O) groups excluding carboxylic acids is 2. The molecule has 5 rings (SSSR count). The maximum atomic E-state index is 14.0. The molecule has 3 aromatic carbocycles. The van der Waals surface area contributed by atoms with Gasteiger partial charge in [-0.05, 0) is 86.7 Å². The molecule has 0 aromatic heterocycles. The molecule has 318 valence electrons. The van der Waals surface area contributed by atoms with E-state index in [1.54, 1.807) is 73.7 Å². The van der Waals surface area contributed by atoms with Crippen molar-refractivity contribution in [3.05, 3.63) is 84.4 Å². The van der Waals surface area contributed by atoms with Crippen LogP contribution in [0.5, 0.6) is 17.2 Å². The number of aliphatic hydroxyl groups is 1. The van der Waals surface area contributed by atoms with Crippen LogP contribution in [0, 0.1) is 11.8 Å². The normalized spacial score (nSPS) is 20.4. The van der Waals surface area contributed by atoms with Gasteiger partial charge in [0, 0.05) is 13.1 Å². The molecule has 0 spiro atoms. The molecule has 16 nitrogen and oxygen atoms in total. The Hall–Kier alpha value is -4.22. The highest BCUT2D eigenvalue weighted by molar-refractivity contribution is 7.89. The number of fused-ring (bicyclic) bond motifs is 1. The number of para-hydroxylation sites is 1. The number of nitrogens with one attached hydrogen (secondary N) is 2. The number of amides is 1. The van der Waals surface area contributed by atoms with Crippen LogP contribution in [0.4, 0.5) is 4.79 Å². The topological polar surface area (TPSA) is 197 Å². The minimum absolute atomic E-state index is 0.0273. The zero-order valence-corrected chi connectivity index (χ0v) is 35.1. The van der Waals surface area contributed by atoms with E-state index in [0.29, 0.717) is 35.8 Å². The molecule has 2 aliphatic heterocycles. The van der Waals surface area contributed by atoms with E-state index in [0.717, 1.165) is 0 Å². The number of rotatable bonds is 21. The monoisotopic (exact) mass is 847 g/mol. The van der Waals surface area contributed by atoms with Gasteiger partial charge in [0.2, 0.25) is 10.0 Å². The zero-order chi connectivity index (χ0) is 41.9. The summed E-state index contributed by atoms with van der Waals surface area (Å²) in [4.78, 5) is 25.8. The molecule has 58 heavy (non-hydrogen) atoms. The zero-order valence-electron chi connectivity index (χ0n) is 33.4. The number of methoxy groups -OCH3 is 1. The van der Waals surface area contributed by atoms with Crippen molar-refractivity contribution < 1.29 is 60.6 Å². The van der Waals surface area contributed by atoms with E-state index in [4.69, 9.17) is 32.9 Å². The maximum Gasteiger partial charge on any atom is 0.407 e. The molecule has 0 saturated carbocycles. The van der Waals surface area contributed by atoms with Crippen LogP contribution in [0.3, 0.4) is 0 Å². The first-order valence-electron chi connectivity index (χ1n) is 19.2. The van der Waals surface area contributed by atoms with E-state index in [1.165, 1.54) is 30.5 Å². The number of aliphatic hydroxyl groups excluding tert-OH is 1. The highest BCUT2D eigenvalue weighted by atomic mass is 32.2. The van der Waals surface area contributed by atoms with Crippen molar-refractivity contribution in [3.63, 3.8) is 0 Å². The van der Waals surface area contributed by atoms with Crippen molar-refractivity contribution in [1.29, 1.82) is 0 Å². The smallest absolute Gasteiger partial charge is 0.407 e. The van der Waals surface area contributed by atoms with Crippen LogP contribution in [-0.2, 0) is 44.8 Å². The average molecular weight is 848 g/mol. The van der Waals surface area contributed by atoms with Crippen molar-refractivity contribution >= 4 is 29.6 Å². The first-order valence-corrected chi connectivity index (χ1v) is 22.5. The summed E-state index contributed by atoms with van der Waals surface area (Å²) in [6, 6.07) is 19.1. The number of alkyl carbamates (subject to hydrolysis) is 1. The van der Waals surface area contributed by atoms with Crippen LogP contribution < -0.4 is 24.4 Å². The van der Waals surface area contributed by atoms with E-state index < -0.39 is 66.5 Å². The fourth-order valence-corrected chi connectivity index (χ4v) is 9.83. The van der Waals surface area contributed by atoms with E-state index in [-0.39, 0.29) is 49.5 Å². The van der Waals surface area contributed by atoms with Gasteiger partial charge in [0.15, 0.2) is 12.6 Å². The first kappa shape index (κ1) is 44.9. The standard InChI is InChI=1S/C40H54N3O13PS/c1-6-51-38(45)28(4)42-57(47,56-32-10-8-7-9-11-32)26-54-31-14-12-29(13-15-31)22-35(41-40(46)55-37-25-53-39-34(37)20-21-52-39)36(44)24-43(23-27(2)3)58(48,49)33-18-16-30(50-5)17-19-33/h7-19,27-28,34-37,39,44H,6,20-26H2,1-5H3,(H,41,46)(H,42,47)/t28-,34-,35-,36+,37-,39+,57?/m0/s1. The van der Waals surface area contributed by atoms with Crippen LogP contribution in [0.1, 0.15) is 39.7 Å². The Labute approximate surface area is 340 Å². The van der Waals surface area contributed by atoms with Crippen molar-refractivity contribution in [2.75, 3.05) is 46.4 Å². The molecule has 0 bridgehead atoms. The Morgan fingerprint density at radius 3 is 2.29 bits per heavy atom.